The quantitative estimate of drug-likeness (QED) is 0.111. The number of hydrogen-bond donors (Lipinski definition) is 5. The second-order valence-corrected chi connectivity index (χ2v) is 15.9. The summed E-state index contributed by atoms with van der Waals surface area (Å²) in [6, 6.07) is 20.1. The Morgan fingerprint density at radius 3 is 2.26 bits per heavy atom. The molecule has 0 fully saturated rings. The van der Waals surface area contributed by atoms with Crippen molar-refractivity contribution in [2.75, 3.05) is 13.6 Å². The highest BCUT2D eigenvalue weighted by Crippen LogP contribution is 2.41. The summed E-state index contributed by atoms with van der Waals surface area (Å²) < 4.78 is 5.84. The maximum Gasteiger partial charge on any atom is 0.411 e. The minimum atomic E-state index is -1.46. The SMILES string of the molecule is CNC(C)C(=O)NC(C(=O)NC(CCCCN(C(=O)OCc1ccccc1Cl)C1(C(N)=O)CCCc2ccccc21)C(=O)NC1CCCc2ccccc21)C(C)C. The molecule has 2 aliphatic carbocycles. The van der Waals surface area contributed by atoms with Crippen LogP contribution in [0.2, 0.25) is 5.02 Å². The zero-order chi connectivity index (χ0) is 41.1. The maximum atomic E-state index is 14.2. The first-order chi connectivity index (χ1) is 27.4. The van der Waals surface area contributed by atoms with Crippen LogP contribution in [0.15, 0.2) is 72.8 Å². The van der Waals surface area contributed by atoms with Gasteiger partial charge in [-0.1, -0.05) is 92.2 Å². The molecule has 5 rings (SSSR count). The van der Waals surface area contributed by atoms with E-state index in [0.717, 1.165) is 36.8 Å². The van der Waals surface area contributed by atoms with Gasteiger partial charge in [0, 0.05) is 17.1 Å². The number of ether oxygens (including phenoxy) is 1. The highest BCUT2D eigenvalue weighted by Gasteiger charge is 2.49. The van der Waals surface area contributed by atoms with E-state index in [-0.39, 0.29) is 43.3 Å². The summed E-state index contributed by atoms with van der Waals surface area (Å²) in [5.41, 5.74) is 9.24. The molecule has 57 heavy (non-hydrogen) atoms. The van der Waals surface area contributed by atoms with Crippen molar-refractivity contribution in [3.63, 3.8) is 0 Å². The number of primary amides is 1. The molecule has 5 amide bonds. The lowest BCUT2D eigenvalue weighted by atomic mass is 9.74. The van der Waals surface area contributed by atoms with E-state index < -0.39 is 41.6 Å². The van der Waals surface area contributed by atoms with Gasteiger partial charge in [0.1, 0.15) is 24.2 Å². The third-order valence-electron chi connectivity index (χ3n) is 11.4. The molecule has 3 aromatic carbocycles. The van der Waals surface area contributed by atoms with Gasteiger partial charge in [0.2, 0.25) is 23.6 Å². The van der Waals surface area contributed by atoms with Crippen LogP contribution in [0.5, 0.6) is 0 Å². The lowest BCUT2D eigenvalue weighted by Gasteiger charge is -2.44. The Hall–Kier alpha value is -4.94. The van der Waals surface area contributed by atoms with Gasteiger partial charge in [0.25, 0.3) is 0 Å². The molecular formula is C44H57ClN6O6. The van der Waals surface area contributed by atoms with Crippen LogP contribution in [0, 0.1) is 5.92 Å². The molecule has 13 heteroatoms. The van der Waals surface area contributed by atoms with Gasteiger partial charge in [-0.25, -0.2) is 4.79 Å². The molecule has 5 unspecified atom stereocenters. The first kappa shape index (κ1) is 43.2. The average molecular weight is 801 g/mol. The molecule has 5 atom stereocenters. The summed E-state index contributed by atoms with van der Waals surface area (Å²) in [7, 11) is 1.66. The number of benzene rings is 3. The third kappa shape index (κ3) is 10.3. The van der Waals surface area contributed by atoms with Crippen LogP contribution in [0.4, 0.5) is 4.79 Å². The van der Waals surface area contributed by atoms with Gasteiger partial charge in [-0.05, 0) is 106 Å². The van der Waals surface area contributed by atoms with Gasteiger partial charge < -0.3 is 31.7 Å². The van der Waals surface area contributed by atoms with Crippen LogP contribution in [0.1, 0.15) is 99.6 Å². The molecule has 0 aliphatic heterocycles. The molecule has 2 aliphatic rings. The molecule has 0 heterocycles. The monoisotopic (exact) mass is 800 g/mol. The van der Waals surface area contributed by atoms with Crippen LogP contribution in [0.25, 0.3) is 0 Å². The molecular weight excluding hydrogens is 744 g/mol. The van der Waals surface area contributed by atoms with Gasteiger partial charge in [0.05, 0.1) is 12.1 Å². The Labute approximate surface area is 341 Å². The van der Waals surface area contributed by atoms with Crippen LogP contribution < -0.4 is 27.0 Å². The number of halogens is 1. The Bertz CT molecular complexity index is 1910. The minimum absolute atomic E-state index is 0.0868. The smallest absolute Gasteiger partial charge is 0.411 e. The van der Waals surface area contributed by atoms with E-state index in [1.54, 1.807) is 38.2 Å². The van der Waals surface area contributed by atoms with E-state index in [4.69, 9.17) is 22.1 Å². The Balaban J connectivity index is 1.38. The van der Waals surface area contributed by atoms with Gasteiger partial charge in [0.15, 0.2) is 0 Å². The number of carbonyl (C=O) groups excluding carboxylic acids is 5. The zero-order valence-electron chi connectivity index (χ0n) is 33.4. The minimum Gasteiger partial charge on any atom is -0.444 e. The Kier molecular flexibility index (Phi) is 15.1. The van der Waals surface area contributed by atoms with Gasteiger partial charge in [-0.2, -0.15) is 0 Å². The highest BCUT2D eigenvalue weighted by atomic mass is 35.5. The second-order valence-electron chi connectivity index (χ2n) is 15.5. The molecule has 0 aromatic heterocycles. The lowest BCUT2D eigenvalue weighted by molar-refractivity contribution is -0.133. The number of aryl methyl sites for hydroxylation is 2. The van der Waals surface area contributed by atoms with Gasteiger partial charge >= 0.3 is 6.09 Å². The number of rotatable bonds is 17. The first-order valence-electron chi connectivity index (χ1n) is 20.1. The standard InChI is InChI=1S/C44H57ClN6O6/c1-28(2)38(50-39(52)29(3)47-4)41(54)49-37(40(53)48-36-24-13-18-30-15-5-8-20-33(30)36)23-11-12-26-51(43(56)57-27-32-17-7-10-22-35(32)45)44(42(46)55)25-14-19-31-16-6-9-21-34(31)44/h5-10,15-17,20-22,28-29,36-38,47H,11-14,18-19,23-27H2,1-4H3,(H2,46,55)(H,48,53)(H,49,54)(H,50,52). The normalized spacial score (nSPS) is 18.9. The van der Waals surface area contributed by atoms with Crippen LogP contribution in [-0.2, 0) is 48.9 Å². The van der Waals surface area contributed by atoms with Crippen LogP contribution in [-0.4, -0.2) is 66.3 Å². The van der Waals surface area contributed by atoms with Crippen molar-refractivity contribution in [2.24, 2.45) is 11.7 Å². The fraction of sp³-hybridized carbons (Fsp3) is 0.477. The zero-order valence-corrected chi connectivity index (χ0v) is 34.2. The summed E-state index contributed by atoms with van der Waals surface area (Å²) in [5, 5.41) is 12.3. The fourth-order valence-electron chi connectivity index (χ4n) is 8.02. The van der Waals surface area contributed by atoms with E-state index in [9.17, 15) is 24.0 Å². The number of nitrogens with two attached hydrogens (primary N) is 1. The first-order valence-corrected chi connectivity index (χ1v) is 20.5. The van der Waals surface area contributed by atoms with E-state index in [2.05, 4.69) is 27.3 Å². The molecule has 6 N–H and O–H groups in total. The molecule has 3 aromatic rings. The van der Waals surface area contributed by atoms with Crippen LogP contribution >= 0.6 is 11.6 Å². The number of nitrogens with zero attached hydrogens (tertiary/aromatic N) is 1. The molecule has 0 saturated carbocycles. The molecule has 12 nitrogen and oxygen atoms in total. The van der Waals surface area contributed by atoms with E-state index in [1.165, 1.54) is 10.5 Å². The number of unbranched alkanes of at least 4 members (excludes halogenated alkanes) is 1. The van der Waals surface area contributed by atoms with Crippen molar-refractivity contribution in [3.05, 3.63) is 106 Å². The summed E-state index contributed by atoms with van der Waals surface area (Å²) in [6.07, 6.45) is 4.55. The summed E-state index contributed by atoms with van der Waals surface area (Å²) >= 11 is 6.38. The van der Waals surface area contributed by atoms with Crippen LogP contribution in [0.3, 0.4) is 0 Å². The molecule has 0 bridgehead atoms. The van der Waals surface area contributed by atoms with E-state index >= 15 is 0 Å². The number of carbonyl (C=O) groups is 5. The van der Waals surface area contributed by atoms with Crippen molar-refractivity contribution in [3.8, 4) is 0 Å². The summed E-state index contributed by atoms with van der Waals surface area (Å²) in [5.74, 6) is -2.06. The van der Waals surface area contributed by atoms with Crippen molar-refractivity contribution < 1.29 is 28.7 Å². The topological polar surface area (TPSA) is 172 Å². The molecule has 0 spiro atoms. The number of likely N-dealkylation sites (N-methyl/N-ethyl adjacent to an activating group) is 1. The number of fused-ring (bicyclic) bond motifs is 2. The van der Waals surface area contributed by atoms with Gasteiger partial charge in [-0.3, -0.25) is 24.1 Å². The predicted molar refractivity (Wildman–Crippen MR) is 220 cm³/mol. The Morgan fingerprint density at radius 2 is 1.54 bits per heavy atom. The van der Waals surface area contributed by atoms with Gasteiger partial charge in [-0.15, -0.1) is 0 Å². The second kappa shape index (κ2) is 20.0. The summed E-state index contributed by atoms with van der Waals surface area (Å²) in [6.45, 7) is 5.35. The van der Waals surface area contributed by atoms with Crippen molar-refractivity contribution in [1.82, 2.24) is 26.2 Å². The number of nitrogens with one attached hydrogen (secondary N) is 4. The van der Waals surface area contributed by atoms with E-state index in [0.29, 0.717) is 41.8 Å². The highest BCUT2D eigenvalue weighted by molar-refractivity contribution is 6.31. The van der Waals surface area contributed by atoms with E-state index in [1.807, 2.05) is 56.3 Å². The number of amides is 5. The van der Waals surface area contributed by atoms with Crippen molar-refractivity contribution in [1.29, 1.82) is 0 Å². The Morgan fingerprint density at radius 1 is 0.860 bits per heavy atom. The summed E-state index contributed by atoms with van der Waals surface area (Å²) in [4.78, 5) is 70.0. The third-order valence-corrected chi connectivity index (χ3v) is 11.7. The fourth-order valence-corrected chi connectivity index (χ4v) is 8.21. The lowest BCUT2D eigenvalue weighted by Crippen LogP contribution is -2.59. The molecule has 0 radical (unpaired) electrons. The van der Waals surface area contributed by atoms with Crippen molar-refractivity contribution in [2.45, 2.75) is 115 Å². The average Bonchev–Trinajstić information content (AvgIpc) is 3.21. The largest absolute Gasteiger partial charge is 0.444 e. The molecule has 306 valence electrons. The molecule has 0 saturated heterocycles. The number of hydrogen-bond acceptors (Lipinski definition) is 7. The maximum absolute atomic E-state index is 14.2. The van der Waals surface area contributed by atoms with Crippen molar-refractivity contribution >= 4 is 41.3 Å². The predicted octanol–water partition coefficient (Wildman–Crippen LogP) is 5.59.